The van der Waals surface area contributed by atoms with Gasteiger partial charge in [-0.25, -0.2) is 8.42 Å². The highest BCUT2D eigenvalue weighted by Crippen LogP contribution is 2.28. The van der Waals surface area contributed by atoms with Crippen LogP contribution in [0.15, 0.2) is 71.6 Å². The van der Waals surface area contributed by atoms with Gasteiger partial charge in [-0.1, -0.05) is 23.7 Å². The van der Waals surface area contributed by atoms with E-state index < -0.39 is 16.1 Å². The maximum atomic E-state index is 12.8. The van der Waals surface area contributed by atoms with Crippen LogP contribution < -0.4 is 19.5 Å². The van der Waals surface area contributed by atoms with E-state index in [9.17, 15) is 13.2 Å². The van der Waals surface area contributed by atoms with Crippen molar-refractivity contribution in [2.45, 2.75) is 24.8 Å². The summed E-state index contributed by atoms with van der Waals surface area (Å²) in [7, 11) is -2.38. The van der Waals surface area contributed by atoms with Crippen molar-refractivity contribution in [3.8, 4) is 11.5 Å². The largest absolute Gasteiger partial charge is 0.495 e. The molecular formula is C23H23ClN2O5S. The van der Waals surface area contributed by atoms with Gasteiger partial charge in [-0.2, -0.15) is 0 Å². The van der Waals surface area contributed by atoms with Crippen molar-refractivity contribution in [1.82, 2.24) is 0 Å². The molecule has 32 heavy (non-hydrogen) atoms. The highest BCUT2D eigenvalue weighted by Gasteiger charge is 2.18. The molecule has 3 rings (SSSR count). The Labute approximate surface area is 192 Å². The highest BCUT2D eigenvalue weighted by molar-refractivity contribution is 7.92. The van der Waals surface area contributed by atoms with Gasteiger partial charge in [0.2, 0.25) is 0 Å². The first-order valence-electron chi connectivity index (χ1n) is 9.68. The molecule has 3 aromatic carbocycles. The fourth-order valence-corrected chi connectivity index (χ4v) is 4.11. The SMILES string of the molecule is COc1ccc(C)cc1NS(=O)(=O)c1ccc(NC(=O)[C@H](C)Oc2cccc(Cl)c2)cc1. The van der Waals surface area contributed by atoms with Crippen LogP contribution in [0.4, 0.5) is 11.4 Å². The molecule has 1 atom stereocenters. The molecule has 0 saturated carbocycles. The summed E-state index contributed by atoms with van der Waals surface area (Å²) in [5.41, 5.74) is 1.66. The Kier molecular flexibility index (Phi) is 7.27. The Hall–Kier alpha value is -3.23. The maximum Gasteiger partial charge on any atom is 0.265 e. The third-order valence-corrected chi connectivity index (χ3v) is 6.13. The van der Waals surface area contributed by atoms with Gasteiger partial charge in [0, 0.05) is 10.7 Å². The number of hydrogen-bond donors (Lipinski definition) is 2. The molecule has 0 aliphatic heterocycles. The van der Waals surface area contributed by atoms with E-state index >= 15 is 0 Å². The molecule has 0 fully saturated rings. The Balaban J connectivity index is 1.67. The van der Waals surface area contributed by atoms with Crippen molar-refractivity contribution in [2.75, 3.05) is 17.1 Å². The van der Waals surface area contributed by atoms with Crippen LogP contribution in [0.25, 0.3) is 0 Å². The summed E-state index contributed by atoms with van der Waals surface area (Å²) in [4.78, 5) is 12.5. The number of methoxy groups -OCH3 is 1. The normalized spacial score (nSPS) is 12.0. The highest BCUT2D eigenvalue weighted by atomic mass is 35.5. The number of ether oxygens (including phenoxy) is 2. The molecule has 3 aromatic rings. The average Bonchev–Trinajstić information content (AvgIpc) is 2.74. The number of carbonyl (C=O) groups is 1. The molecule has 0 radical (unpaired) electrons. The lowest BCUT2D eigenvalue weighted by Crippen LogP contribution is -2.30. The first kappa shape index (κ1) is 23.4. The molecule has 0 aliphatic rings. The second-order valence-corrected chi connectivity index (χ2v) is 9.16. The van der Waals surface area contributed by atoms with E-state index in [2.05, 4.69) is 10.0 Å². The molecule has 0 bridgehead atoms. The van der Waals surface area contributed by atoms with E-state index in [1.165, 1.54) is 31.4 Å². The Bertz CT molecular complexity index is 1210. The molecule has 0 aromatic heterocycles. The quantitative estimate of drug-likeness (QED) is 0.486. The molecule has 0 saturated heterocycles. The number of hydrogen-bond acceptors (Lipinski definition) is 5. The number of rotatable bonds is 8. The lowest BCUT2D eigenvalue weighted by molar-refractivity contribution is -0.122. The van der Waals surface area contributed by atoms with Crippen LogP contribution in [0.2, 0.25) is 5.02 Å². The lowest BCUT2D eigenvalue weighted by atomic mass is 10.2. The molecule has 0 spiro atoms. The van der Waals surface area contributed by atoms with Crippen molar-refractivity contribution in [3.63, 3.8) is 0 Å². The zero-order valence-electron chi connectivity index (χ0n) is 17.8. The van der Waals surface area contributed by atoms with E-state index in [4.69, 9.17) is 21.1 Å². The van der Waals surface area contributed by atoms with Crippen molar-refractivity contribution in [3.05, 3.63) is 77.3 Å². The van der Waals surface area contributed by atoms with Gasteiger partial charge in [-0.15, -0.1) is 0 Å². The number of benzene rings is 3. The number of anilines is 2. The molecule has 0 heterocycles. The summed E-state index contributed by atoms with van der Waals surface area (Å²) in [6, 6.07) is 17.8. The molecule has 1 amide bonds. The summed E-state index contributed by atoms with van der Waals surface area (Å²) in [5, 5.41) is 3.20. The summed E-state index contributed by atoms with van der Waals surface area (Å²) >= 11 is 5.92. The van der Waals surface area contributed by atoms with Gasteiger partial charge < -0.3 is 14.8 Å². The van der Waals surface area contributed by atoms with Crippen molar-refractivity contribution < 1.29 is 22.7 Å². The summed E-state index contributed by atoms with van der Waals surface area (Å²) in [6.45, 7) is 3.46. The lowest BCUT2D eigenvalue weighted by Gasteiger charge is -2.15. The van der Waals surface area contributed by atoms with E-state index in [1.54, 1.807) is 43.3 Å². The fraction of sp³-hybridized carbons (Fsp3) is 0.174. The van der Waals surface area contributed by atoms with Crippen LogP contribution in [-0.2, 0) is 14.8 Å². The minimum absolute atomic E-state index is 0.0438. The minimum atomic E-state index is -3.85. The summed E-state index contributed by atoms with van der Waals surface area (Å²) < 4.78 is 38.9. The second-order valence-electron chi connectivity index (χ2n) is 7.04. The van der Waals surface area contributed by atoms with Gasteiger partial charge in [-0.3, -0.25) is 9.52 Å². The number of sulfonamides is 1. The summed E-state index contributed by atoms with van der Waals surface area (Å²) in [6.07, 6.45) is -0.785. The maximum absolute atomic E-state index is 12.8. The monoisotopic (exact) mass is 474 g/mol. The van der Waals surface area contributed by atoms with Gasteiger partial charge in [0.15, 0.2) is 6.10 Å². The van der Waals surface area contributed by atoms with Crippen molar-refractivity contribution >= 4 is 38.9 Å². The van der Waals surface area contributed by atoms with E-state index in [-0.39, 0.29) is 10.8 Å². The first-order valence-corrected chi connectivity index (χ1v) is 11.5. The van der Waals surface area contributed by atoms with E-state index in [0.29, 0.717) is 27.9 Å². The third kappa shape index (κ3) is 5.93. The summed E-state index contributed by atoms with van der Waals surface area (Å²) in [5.74, 6) is 0.499. The van der Waals surface area contributed by atoms with Gasteiger partial charge in [0.05, 0.1) is 17.7 Å². The molecule has 0 aliphatic carbocycles. The van der Waals surface area contributed by atoms with Crippen LogP contribution >= 0.6 is 11.6 Å². The predicted octanol–water partition coefficient (Wildman–Crippen LogP) is 4.86. The fourth-order valence-electron chi connectivity index (χ4n) is 2.86. The van der Waals surface area contributed by atoms with Crippen molar-refractivity contribution in [2.24, 2.45) is 0 Å². The van der Waals surface area contributed by atoms with E-state index in [1.807, 2.05) is 13.0 Å². The molecule has 9 heteroatoms. The van der Waals surface area contributed by atoms with Gasteiger partial charge >= 0.3 is 0 Å². The zero-order valence-corrected chi connectivity index (χ0v) is 19.3. The molecule has 7 nitrogen and oxygen atoms in total. The van der Waals surface area contributed by atoms with Crippen LogP contribution in [0.1, 0.15) is 12.5 Å². The minimum Gasteiger partial charge on any atom is -0.495 e. The number of carbonyl (C=O) groups excluding carboxylic acids is 1. The van der Waals surface area contributed by atoms with E-state index in [0.717, 1.165) is 5.56 Å². The number of aryl methyl sites for hydroxylation is 1. The molecule has 168 valence electrons. The molecule has 0 unspecified atom stereocenters. The molecular weight excluding hydrogens is 452 g/mol. The van der Waals surface area contributed by atoms with Crippen LogP contribution in [0, 0.1) is 6.92 Å². The van der Waals surface area contributed by atoms with Gasteiger partial charge in [-0.05, 0) is 74.0 Å². The van der Waals surface area contributed by atoms with Crippen LogP contribution in [-0.4, -0.2) is 27.5 Å². The smallest absolute Gasteiger partial charge is 0.265 e. The standard InChI is InChI=1S/C23H23ClN2O5S/c1-15-7-12-22(30-3)21(13-15)26-32(28,29)20-10-8-18(9-11-20)25-23(27)16(2)31-19-6-4-5-17(24)14-19/h4-14,16,26H,1-3H3,(H,25,27)/t16-/m0/s1. The van der Waals surface area contributed by atoms with Gasteiger partial charge in [0.1, 0.15) is 11.5 Å². The molecule has 2 N–H and O–H groups in total. The van der Waals surface area contributed by atoms with Gasteiger partial charge in [0.25, 0.3) is 15.9 Å². The predicted molar refractivity (Wildman–Crippen MR) is 125 cm³/mol. The number of amides is 1. The topological polar surface area (TPSA) is 93.7 Å². The second kappa shape index (κ2) is 9.93. The third-order valence-electron chi connectivity index (χ3n) is 4.51. The average molecular weight is 475 g/mol. The Morgan fingerprint density at radius 1 is 1.03 bits per heavy atom. The number of nitrogens with one attached hydrogen (secondary N) is 2. The van der Waals surface area contributed by atoms with Crippen LogP contribution in [0.3, 0.4) is 0 Å². The Morgan fingerprint density at radius 3 is 2.41 bits per heavy atom. The first-order chi connectivity index (χ1) is 15.2. The van der Waals surface area contributed by atoms with Crippen LogP contribution in [0.5, 0.6) is 11.5 Å². The zero-order chi connectivity index (χ0) is 23.3. The van der Waals surface area contributed by atoms with Crippen molar-refractivity contribution in [1.29, 1.82) is 0 Å². The number of halogens is 1. The Morgan fingerprint density at radius 2 is 1.75 bits per heavy atom.